The van der Waals surface area contributed by atoms with Gasteiger partial charge in [0, 0.05) is 37.7 Å². The third-order valence-corrected chi connectivity index (χ3v) is 11.7. The van der Waals surface area contributed by atoms with Crippen molar-refractivity contribution in [1.29, 1.82) is 0 Å². The molecule has 1 fully saturated rings. The highest BCUT2D eigenvalue weighted by Gasteiger charge is 2.39. The van der Waals surface area contributed by atoms with Crippen LogP contribution in [0.4, 0.5) is 0 Å². The lowest BCUT2D eigenvalue weighted by atomic mass is 9.89. The van der Waals surface area contributed by atoms with Crippen LogP contribution in [0, 0.1) is 5.92 Å². The van der Waals surface area contributed by atoms with Gasteiger partial charge in [-0.2, -0.15) is 0 Å². The second kappa shape index (κ2) is 16.2. The number of nitrogens with one attached hydrogen (secondary N) is 1. The number of benzene rings is 5. The number of ether oxygens (including phenoxy) is 4. The van der Waals surface area contributed by atoms with E-state index in [0.29, 0.717) is 0 Å². The SMILES string of the molecule is COc1cc2c(cc1OC)CN(C[C@@H]1O[C@H](c3cccc(-c4cccc(CNS(=O)(=O)c5ccccc5)c4)c3)O[C@H](c3ccc(CO)cc3)[C@@H]1C)CC2. The van der Waals surface area contributed by atoms with Crippen LogP contribution < -0.4 is 14.2 Å². The Bertz CT molecular complexity index is 2130. The van der Waals surface area contributed by atoms with Crippen molar-refractivity contribution in [2.24, 2.45) is 5.92 Å². The molecule has 0 spiro atoms. The molecule has 2 heterocycles. The molecule has 0 amide bonds. The number of fused-ring (bicyclic) bond motifs is 1. The zero-order valence-corrected chi connectivity index (χ0v) is 31.1. The van der Waals surface area contributed by atoms with Crippen LogP contribution in [0.2, 0.25) is 0 Å². The summed E-state index contributed by atoms with van der Waals surface area (Å²) in [6, 6.07) is 36.6. The fourth-order valence-electron chi connectivity index (χ4n) is 7.27. The normalized spacial score (nSPS) is 20.5. The van der Waals surface area contributed by atoms with E-state index >= 15 is 0 Å². The average molecular weight is 735 g/mol. The lowest BCUT2D eigenvalue weighted by molar-refractivity contribution is -0.276. The molecule has 4 atom stereocenters. The van der Waals surface area contributed by atoms with E-state index in [9.17, 15) is 13.5 Å². The number of aliphatic hydroxyl groups is 1. The van der Waals surface area contributed by atoms with Crippen LogP contribution in [0.15, 0.2) is 120 Å². The minimum Gasteiger partial charge on any atom is -0.493 e. The molecular formula is C43H46N2O7S. The summed E-state index contributed by atoms with van der Waals surface area (Å²) >= 11 is 0. The molecule has 2 aliphatic heterocycles. The Morgan fingerprint density at radius 2 is 1.47 bits per heavy atom. The maximum atomic E-state index is 12.9. The highest BCUT2D eigenvalue weighted by atomic mass is 32.2. The predicted octanol–water partition coefficient (Wildman–Crippen LogP) is 7.19. The topological polar surface area (TPSA) is 107 Å². The van der Waals surface area contributed by atoms with Crippen LogP contribution >= 0.6 is 0 Å². The van der Waals surface area contributed by atoms with E-state index in [0.717, 1.165) is 70.9 Å². The zero-order valence-electron chi connectivity index (χ0n) is 30.3. The maximum absolute atomic E-state index is 12.9. The Labute approximate surface area is 312 Å². The molecule has 2 N–H and O–H groups in total. The summed E-state index contributed by atoms with van der Waals surface area (Å²) in [5.74, 6) is 1.52. The quantitative estimate of drug-likeness (QED) is 0.139. The zero-order chi connectivity index (χ0) is 37.0. The first-order valence-corrected chi connectivity index (χ1v) is 19.4. The molecule has 7 rings (SSSR count). The van der Waals surface area contributed by atoms with E-state index in [1.165, 1.54) is 11.1 Å². The monoisotopic (exact) mass is 734 g/mol. The molecular weight excluding hydrogens is 689 g/mol. The van der Waals surface area contributed by atoms with Crippen molar-refractivity contribution < 1.29 is 32.5 Å². The Kier molecular flexibility index (Phi) is 11.3. The summed E-state index contributed by atoms with van der Waals surface area (Å²) in [7, 11) is -0.308. The van der Waals surface area contributed by atoms with E-state index in [2.05, 4.69) is 34.7 Å². The second-order valence-corrected chi connectivity index (χ2v) is 15.5. The molecule has 0 saturated carbocycles. The van der Waals surface area contributed by atoms with Gasteiger partial charge in [0.05, 0.1) is 37.9 Å². The van der Waals surface area contributed by atoms with Gasteiger partial charge in [-0.05, 0) is 81.8 Å². The summed E-state index contributed by atoms with van der Waals surface area (Å²) in [6.45, 7) is 4.72. The maximum Gasteiger partial charge on any atom is 0.240 e. The van der Waals surface area contributed by atoms with E-state index in [4.69, 9.17) is 18.9 Å². The van der Waals surface area contributed by atoms with Crippen LogP contribution in [0.3, 0.4) is 0 Å². The summed E-state index contributed by atoms with van der Waals surface area (Å²) in [5, 5.41) is 9.69. The number of rotatable bonds is 12. The molecule has 0 aromatic heterocycles. The summed E-state index contributed by atoms with van der Waals surface area (Å²) < 4.78 is 53.3. The van der Waals surface area contributed by atoms with E-state index in [1.54, 1.807) is 44.6 Å². The number of nitrogens with zero attached hydrogens (tertiary/aromatic N) is 1. The Balaban J connectivity index is 1.12. The van der Waals surface area contributed by atoms with Crippen molar-refractivity contribution in [3.63, 3.8) is 0 Å². The van der Waals surface area contributed by atoms with Gasteiger partial charge in [-0.25, -0.2) is 13.1 Å². The molecule has 0 bridgehead atoms. The van der Waals surface area contributed by atoms with E-state index in [1.807, 2.05) is 66.7 Å². The fraction of sp³-hybridized carbons (Fsp3) is 0.302. The summed E-state index contributed by atoms with van der Waals surface area (Å²) in [5.41, 5.74) is 8.05. The number of aliphatic hydroxyl groups excluding tert-OH is 1. The lowest BCUT2D eigenvalue weighted by Crippen LogP contribution is -2.45. The van der Waals surface area contributed by atoms with Crippen LogP contribution in [-0.2, 0) is 45.6 Å². The van der Waals surface area contributed by atoms with Gasteiger partial charge < -0.3 is 24.1 Å². The van der Waals surface area contributed by atoms with Gasteiger partial charge in [0.1, 0.15) is 0 Å². The smallest absolute Gasteiger partial charge is 0.240 e. The minimum atomic E-state index is -3.64. The number of methoxy groups -OCH3 is 2. The van der Waals surface area contributed by atoms with E-state index in [-0.39, 0.29) is 36.2 Å². The molecule has 5 aromatic carbocycles. The lowest BCUT2D eigenvalue weighted by Gasteiger charge is -2.43. The van der Waals surface area contributed by atoms with Gasteiger partial charge in [0.15, 0.2) is 17.8 Å². The van der Waals surface area contributed by atoms with Crippen molar-refractivity contribution in [3.8, 4) is 22.6 Å². The van der Waals surface area contributed by atoms with Crippen molar-refractivity contribution in [3.05, 3.63) is 149 Å². The molecule has 1 saturated heterocycles. The van der Waals surface area contributed by atoms with Gasteiger partial charge in [-0.1, -0.05) is 85.8 Å². The van der Waals surface area contributed by atoms with Crippen molar-refractivity contribution in [2.75, 3.05) is 27.3 Å². The average Bonchev–Trinajstić information content (AvgIpc) is 3.20. The number of hydrogen-bond donors (Lipinski definition) is 2. The molecule has 0 aliphatic carbocycles. The molecule has 0 unspecified atom stereocenters. The summed E-state index contributed by atoms with van der Waals surface area (Å²) in [4.78, 5) is 2.68. The first-order valence-electron chi connectivity index (χ1n) is 18.0. The molecule has 10 heteroatoms. The number of hydrogen-bond acceptors (Lipinski definition) is 8. The summed E-state index contributed by atoms with van der Waals surface area (Å²) in [6.07, 6.45) is -0.0986. The first kappa shape index (κ1) is 36.8. The van der Waals surface area contributed by atoms with Gasteiger partial charge in [0.25, 0.3) is 0 Å². The second-order valence-electron chi connectivity index (χ2n) is 13.7. The van der Waals surface area contributed by atoms with Crippen molar-refractivity contribution in [1.82, 2.24) is 9.62 Å². The fourth-order valence-corrected chi connectivity index (χ4v) is 8.31. The third-order valence-electron chi connectivity index (χ3n) is 10.3. The Morgan fingerprint density at radius 3 is 2.19 bits per heavy atom. The van der Waals surface area contributed by atoms with Crippen LogP contribution in [-0.4, -0.2) is 51.8 Å². The van der Waals surface area contributed by atoms with Gasteiger partial charge in [-0.3, -0.25) is 4.90 Å². The molecule has 0 radical (unpaired) electrons. The van der Waals surface area contributed by atoms with Crippen LogP contribution in [0.1, 0.15) is 52.7 Å². The highest BCUT2D eigenvalue weighted by molar-refractivity contribution is 7.89. The van der Waals surface area contributed by atoms with Crippen LogP contribution in [0.25, 0.3) is 11.1 Å². The van der Waals surface area contributed by atoms with Gasteiger partial charge in [0.2, 0.25) is 10.0 Å². The number of sulfonamides is 1. The minimum absolute atomic E-state index is 0.0181. The molecule has 276 valence electrons. The molecule has 2 aliphatic rings. The van der Waals surface area contributed by atoms with Crippen LogP contribution in [0.5, 0.6) is 11.5 Å². The standard InChI is InChI=1S/C43H46N2O7S/c1-29-41(27-45-20-19-35-23-39(49-2)40(50-3)24-37(35)26-45)51-43(52-42(29)32-17-15-30(28-46)16-18-32)36-12-8-11-34(22-36)33-10-7-9-31(21-33)25-44-53(47,48)38-13-5-4-6-14-38/h4-18,21-24,29,41-44,46H,19-20,25-28H2,1-3H3/t29-,41+,42+,43+/m1/s1. The highest BCUT2D eigenvalue weighted by Crippen LogP contribution is 2.43. The van der Waals surface area contributed by atoms with E-state index < -0.39 is 16.3 Å². The first-order chi connectivity index (χ1) is 25.7. The third kappa shape index (κ3) is 8.33. The van der Waals surface area contributed by atoms with Crippen molar-refractivity contribution >= 4 is 10.0 Å². The van der Waals surface area contributed by atoms with Gasteiger partial charge in [-0.15, -0.1) is 0 Å². The van der Waals surface area contributed by atoms with Crippen molar-refractivity contribution in [2.45, 2.75) is 56.4 Å². The molecule has 53 heavy (non-hydrogen) atoms. The largest absolute Gasteiger partial charge is 0.493 e. The predicted molar refractivity (Wildman–Crippen MR) is 204 cm³/mol. The van der Waals surface area contributed by atoms with Gasteiger partial charge >= 0.3 is 0 Å². The molecule has 9 nitrogen and oxygen atoms in total. The Morgan fingerprint density at radius 1 is 0.774 bits per heavy atom. The molecule has 5 aromatic rings. The Hall–Kier alpha value is -4.55.